The molecule has 48 heavy (non-hydrogen) atoms. The highest BCUT2D eigenvalue weighted by Gasteiger charge is 2.67. The molecule has 3 aliphatic carbocycles. The standard InChI is InChI=1S/C36H49BN4O7/c1-22(2)30(41-34(45)46-20-25-15-11-8-12-16-25)33(44)40-27(17-24-13-9-7-10-14-24)32(43)39-23(3)31(42)38-21-37-47-29-19-26-18-28(35(26,4)5)36(29,6)48-37/h7-16,22-23,26-30H,17-21H2,1-6H3,(H,38,42)(H,39,43)(H,40,44)(H,41,45)/t23-,26?,27-,28?,29+,30-,36-/m0/s1. The lowest BCUT2D eigenvalue weighted by atomic mass is 9.43. The molecular weight excluding hydrogens is 611 g/mol. The summed E-state index contributed by atoms with van der Waals surface area (Å²) in [4.78, 5) is 52.8. The molecule has 3 saturated carbocycles. The number of amides is 4. The topological polar surface area (TPSA) is 144 Å². The number of carbonyl (C=O) groups is 4. The summed E-state index contributed by atoms with van der Waals surface area (Å²) in [6, 6.07) is 15.6. The Labute approximate surface area is 283 Å². The van der Waals surface area contributed by atoms with E-state index >= 15 is 0 Å². The molecule has 0 aromatic heterocycles. The monoisotopic (exact) mass is 660 g/mol. The van der Waals surface area contributed by atoms with E-state index in [0.717, 1.165) is 24.0 Å². The van der Waals surface area contributed by atoms with E-state index < -0.39 is 49.1 Å². The minimum atomic E-state index is -1.02. The summed E-state index contributed by atoms with van der Waals surface area (Å²) in [5.41, 5.74) is 1.47. The zero-order valence-electron chi connectivity index (χ0n) is 28.8. The number of hydrogen-bond donors (Lipinski definition) is 4. The van der Waals surface area contributed by atoms with Crippen molar-refractivity contribution in [3.05, 3.63) is 71.8 Å². The fourth-order valence-corrected chi connectivity index (χ4v) is 7.50. The molecular formula is C36H49BN4O7. The number of rotatable bonds is 13. The lowest BCUT2D eigenvalue weighted by Gasteiger charge is -2.64. The first-order chi connectivity index (χ1) is 22.8. The third kappa shape index (κ3) is 7.87. The molecule has 4 amide bonds. The van der Waals surface area contributed by atoms with Gasteiger partial charge in [-0.05, 0) is 61.0 Å². The summed E-state index contributed by atoms with van der Waals surface area (Å²) in [7, 11) is -0.563. The third-order valence-corrected chi connectivity index (χ3v) is 10.5. The molecule has 258 valence electrons. The van der Waals surface area contributed by atoms with Crippen LogP contribution < -0.4 is 21.3 Å². The van der Waals surface area contributed by atoms with Crippen molar-refractivity contribution in [3.63, 3.8) is 0 Å². The van der Waals surface area contributed by atoms with Crippen LogP contribution in [0.4, 0.5) is 4.79 Å². The van der Waals surface area contributed by atoms with Gasteiger partial charge in [-0.3, -0.25) is 14.4 Å². The van der Waals surface area contributed by atoms with Crippen molar-refractivity contribution in [3.8, 4) is 0 Å². The second-order valence-corrected chi connectivity index (χ2v) is 14.6. The Morgan fingerprint density at radius 2 is 1.50 bits per heavy atom. The summed E-state index contributed by atoms with van der Waals surface area (Å²) < 4.78 is 17.9. The van der Waals surface area contributed by atoms with Crippen LogP contribution in [0.1, 0.15) is 65.5 Å². The van der Waals surface area contributed by atoms with Gasteiger partial charge in [0.15, 0.2) is 0 Å². The lowest BCUT2D eigenvalue weighted by molar-refractivity contribution is -0.199. The zero-order valence-corrected chi connectivity index (χ0v) is 28.8. The molecule has 6 rings (SSSR count). The largest absolute Gasteiger partial charge is 0.478 e. The highest BCUT2D eigenvalue weighted by molar-refractivity contribution is 6.46. The molecule has 2 bridgehead atoms. The Hall–Kier alpha value is -3.90. The van der Waals surface area contributed by atoms with Crippen LogP contribution in [-0.2, 0) is 41.5 Å². The fourth-order valence-electron chi connectivity index (χ4n) is 7.50. The van der Waals surface area contributed by atoms with Gasteiger partial charge in [-0.25, -0.2) is 4.79 Å². The van der Waals surface area contributed by atoms with Gasteiger partial charge in [0.05, 0.1) is 18.1 Å². The number of hydrogen-bond acceptors (Lipinski definition) is 7. The minimum Gasteiger partial charge on any atom is -0.445 e. The molecule has 4 N–H and O–H groups in total. The Bertz CT molecular complexity index is 1460. The van der Waals surface area contributed by atoms with Crippen LogP contribution in [0.3, 0.4) is 0 Å². The maximum absolute atomic E-state index is 13.6. The van der Waals surface area contributed by atoms with Gasteiger partial charge in [0, 0.05) is 6.42 Å². The highest BCUT2D eigenvalue weighted by atomic mass is 16.7. The normalized spacial score (nSPS) is 25.5. The first kappa shape index (κ1) is 35.4. The Morgan fingerprint density at radius 1 is 0.854 bits per heavy atom. The second-order valence-electron chi connectivity index (χ2n) is 14.6. The highest BCUT2D eigenvalue weighted by Crippen LogP contribution is 2.65. The van der Waals surface area contributed by atoms with Crippen LogP contribution in [0.15, 0.2) is 60.7 Å². The predicted molar refractivity (Wildman–Crippen MR) is 181 cm³/mol. The van der Waals surface area contributed by atoms with Crippen LogP contribution in [-0.4, -0.2) is 67.2 Å². The van der Waals surface area contributed by atoms with Gasteiger partial charge in [-0.15, -0.1) is 0 Å². The summed E-state index contributed by atoms with van der Waals surface area (Å²) in [5.74, 6) is -0.735. The molecule has 1 heterocycles. The fraction of sp³-hybridized carbons (Fsp3) is 0.556. The smallest absolute Gasteiger partial charge is 0.445 e. The predicted octanol–water partition coefficient (Wildman–Crippen LogP) is 3.55. The molecule has 1 saturated heterocycles. The summed E-state index contributed by atoms with van der Waals surface area (Å²) in [6.45, 7) is 11.9. The first-order valence-corrected chi connectivity index (χ1v) is 17.0. The van der Waals surface area contributed by atoms with Crippen molar-refractivity contribution in [2.24, 2.45) is 23.2 Å². The second kappa shape index (κ2) is 14.7. The van der Waals surface area contributed by atoms with Crippen LogP contribution in [0.25, 0.3) is 0 Å². The Morgan fingerprint density at radius 3 is 2.12 bits per heavy atom. The number of nitrogens with one attached hydrogen (secondary N) is 4. The van der Waals surface area contributed by atoms with Crippen LogP contribution in [0.5, 0.6) is 0 Å². The number of alkyl carbamates (subject to hydrolysis) is 1. The Balaban J connectivity index is 1.16. The van der Waals surface area contributed by atoms with E-state index in [9.17, 15) is 19.2 Å². The maximum Gasteiger partial charge on any atom is 0.478 e. The van der Waals surface area contributed by atoms with E-state index in [0.29, 0.717) is 11.8 Å². The first-order valence-electron chi connectivity index (χ1n) is 17.0. The van der Waals surface area contributed by atoms with Gasteiger partial charge < -0.3 is 35.3 Å². The molecule has 11 nitrogen and oxygen atoms in total. The summed E-state index contributed by atoms with van der Waals surface area (Å²) in [5, 5.41) is 11.0. The van der Waals surface area contributed by atoms with Crippen molar-refractivity contribution in [1.29, 1.82) is 0 Å². The molecule has 2 unspecified atom stereocenters. The molecule has 0 spiro atoms. The van der Waals surface area contributed by atoms with Crippen molar-refractivity contribution >= 4 is 30.9 Å². The minimum absolute atomic E-state index is 0.00512. The molecule has 7 atom stereocenters. The van der Waals surface area contributed by atoms with Gasteiger partial charge >= 0.3 is 13.2 Å². The number of carbonyl (C=O) groups excluding carboxylic acids is 4. The molecule has 1 aliphatic heterocycles. The summed E-state index contributed by atoms with van der Waals surface area (Å²) >= 11 is 0. The molecule has 2 aromatic carbocycles. The summed E-state index contributed by atoms with van der Waals surface area (Å²) in [6.07, 6.45) is 1.69. The van der Waals surface area contributed by atoms with Crippen LogP contribution in [0, 0.1) is 23.2 Å². The van der Waals surface area contributed by atoms with E-state index in [1.54, 1.807) is 20.8 Å². The van der Waals surface area contributed by atoms with Crippen LogP contribution in [0.2, 0.25) is 0 Å². The van der Waals surface area contributed by atoms with Gasteiger partial charge in [-0.1, -0.05) is 88.4 Å². The van der Waals surface area contributed by atoms with Crippen molar-refractivity contribution < 1.29 is 33.2 Å². The van der Waals surface area contributed by atoms with E-state index in [1.807, 2.05) is 60.7 Å². The number of ether oxygens (including phenoxy) is 1. The van der Waals surface area contributed by atoms with Crippen molar-refractivity contribution in [2.75, 3.05) is 6.44 Å². The molecule has 4 aliphatic rings. The quantitative estimate of drug-likeness (QED) is 0.241. The Kier molecular flexibility index (Phi) is 10.8. The third-order valence-electron chi connectivity index (χ3n) is 10.5. The average molecular weight is 661 g/mol. The molecule has 0 radical (unpaired) electrons. The van der Waals surface area contributed by atoms with E-state index in [1.165, 1.54) is 0 Å². The SMILES string of the molecule is CC(C)[C@H](NC(=O)OCc1ccccc1)C(=O)N[C@@H](Cc1ccccc1)C(=O)N[C@@H](C)C(=O)NCB1O[C@@H]2CC3CC(C3(C)C)[C@]2(C)O1. The van der Waals surface area contributed by atoms with Gasteiger partial charge in [0.25, 0.3) is 0 Å². The van der Waals surface area contributed by atoms with E-state index in [-0.39, 0.29) is 42.5 Å². The van der Waals surface area contributed by atoms with E-state index in [4.69, 9.17) is 14.0 Å². The average Bonchev–Trinajstić information content (AvgIpc) is 3.41. The van der Waals surface area contributed by atoms with Crippen molar-refractivity contribution in [2.45, 2.75) is 97.2 Å². The maximum atomic E-state index is 13.6. The molecule has 2 aromatic rings. The number of benzene rings is 2. The molecule has 4 fully saturated rings. The molecule has 12 heteroatoms. The van der Waals surface area contributed by atoms with Crippen LogP contribution >= 0.6 is 0 Å². The lowest BCUT2D eigenvalue weighted by Crippen LogP contribution is -2.65. The van der Waals surface area contributed by atoms with Crippen molar-refractivity contribution in [1.82, 2.24) is 21.3 Å². The van der Waals surface area contributed by atoms with Gasteiger partial charge in [0.2, 0.25) is 17.7 Å². The zero-order chi connectivity index (χ0) is 34.6. The van der Waals surface area contributed by atoms with E-state index in [2.05, 4.69) is 42.0 Å². The van der Waals surface area contributed by atoms with Gasteiger partial charge in [-0.2, -0.15) is 0 Å². The van der Waals surface area contributed by atoms with Gasteiger partial charge in [0.1, 0.15) is 24.7 Å².